The number of hydrogen-bond donors (Lipinski definition) is 3. The first-order chi connectivity index (χ1) is 11.1. The quantitative estimate of drug-likeness (QED) is 0.793. The fourth-order valence-corrected chi connectivity index (χ4v) is 3.16. The van der Waals surface area contributed by atoms with Crippen molar-refractivity contribution >= 4 is 0 Å². The van der Waals surface area contributed by atoms with Crippen molar-refractivity contribution in [3.8, 4) is 5.75 Å². The van der Waals surface area contributed by atoms with E-state index in [0.29, 0.717) is 11.7 Å². The molecule has 1 fully saturated rings. The molecule has 2 unspecified atom stereocenters. The van der Waals surface area contributed by atoms with Gasteiger partial charge < -0.3 is 10.0 Å². The van der Waals surface area contributed by atoms with Gasteiger partial charge in [-0.05, 0) is 42.4 Å². The molecule has 5 heteroatoms. The van der Waals surface area contributed by atoms with Crippen LogP contribution >= 0.6 is 0 Å². The lowest BCUT2D eigenvalue weighted by molar-refractivity contribution is 0.262. The van der Waals surface area contributed by atoms with E-state index in [4.69, 9.17) is 0 Å². The van der Waals surface area contributed by atoms with Crippen LogP contribution in [0, 0.1) is 11.7 Å². The van der Waals surface area contributed by atoms with Crippen LogP contribution in [0.25, 0.3) is 0 Å². The summed E-state index contributed by atoms with van der Waals surface area (Å²) < 4.78 is 13.1. The highest BCUT2D eigenvalue weighted by molar-refractivity contribution is 5.27. The molecular formula is C18H22FN3O. The van der Waals surface area contributed by atoms with Gasteiger partial charge in [-0.1, -0.05) is 24.3 Å². The molecule has 0 aliphatic carbocycles. The average molecular weight is 315 g/mol. The Hall–Kier alpha value is -1.95. The molecule has 0 radical (unpaired) electrons. The Morgan fingerprint density at radius 1 is 1.22 bits per heavy atom. The lowest BCUT2D eigenvalue weighted by Crippen LogP contribution is -2.30. The molecule has 1 heterocycles. The van der Waals surface area contributed by atoms with Crippen molar-refractivity contribution in [1.82, 2.24) is 15.8 Å². The van der Waals surface area contributed by atoms with Gasteiger partial charge in [-0.2, -0.15) is 0 Å². The van der Waals surface area contributed by atoms with Crippen molar-refractivity contribution in [2.45, 2.75) is 12.6 Å². The normalized spacial score (nSPS) is 21.0. The van der Waals surface area contributed by atoms with E-state index >= 15 is 0 Å². The molecule has 2 aromatic carbocycles. The zero-order chi connectivity index (χ0) is 16.2. The highest BCUT2D eigenvalue weighted by Crippen LogP contribution is 2.26. The summed E-state index contributed by atoms with van der Waals surface area (Å²) >= 11 is 0. The number of phenolic OH excluding ortho intramolecular Hbond substituents is 1. The Labute approximate surface area is 135 Å². The molecule has 23 heavy (non-hydrogen) atoms. The van der Waals surface area contributed by atoms with E-state index in [0.717, 1.165) is 30.8 Å². The van der Waals surface area contributed by atoms with Crippen molar-refractivity contribution in [3.05, 3.63) is 65.5 Å². The molecule has 4 nitrogen and oxygen atoms in total. The summed E-state index contributed by atoms with van der Waals surface area (Å²) in [5.41, 5.74) is 8.66. The van der Waals surface area contributed by atoms with E-state index in [1.165, 1.54) is 12.1 Å². The van der Waals surface area contributed by atoms with Gasteiger partial charge in [-0.3, -0.25) is 5.43 Å². The van der Waals surface area contributed by atoms with Crippen LogP contribution in [0.3, 0.4) is 0 Å². The minimum absolute atomic E-state index is 0.169. The van der Waals surface area contributed by atoms with Crippen molar-refractivity contribution in [2.24, 2.45) is 5.92 Å². The first kappa shape index (κ1) is 15.9. The Balaban J connectivity index is 1.63. The Morgan fingerprint density at radius 2 is 2.00 bits per heavy atom. The molecule has 0 bridgehead atoms. The second-order valence-electron chi connectivity index (χ2n) is 6.18. The molecule has 122 valence electrons. The average Bonchev–Trinajstić information content (AvgIpc) is 2.96. The van der Waals surface area contributed by atoms with Crippen molar-refractivity contribution in [1.29, 1.82) is 0 Å². The van der Waals surface area contributed by atoms with Crippen LogP contribution in [0.15, 0.2) is 48.5 Å². The van der Waals surface area contributed by atoms with E-state index in [2.05, 4.69) is 22.8 Å². The molecule has 2 aromatic rings. The molecule has 3 N–H and O–H groups in total. The molecule has 2 atom stereocenters. The van der Waals surface area contributed by atoms with Gasteiger partial charge in [0.15, 0.2) is 0 Å². The number of nitrogens with zero attached hydrogens (tertiary/aromatic N) is 1. The first-order valence-corrected chi connectivity index (χ1v) is 7.82. The molecule has 0 aromatic heterocycles. The summed E-state index contributed by atoms with van der Waals surface area (Å²) in [5, 5.41) is 9.55. The molecule has 3 rings (SSSR count). The highest BCUT2D eigenvalue weighted by atomic mass is 19.1. The molecule has 1 saturated heterocycles. The maximum Gasteiger partial charge on any atom is 0.123 e. The number of halogens is 1. The number of aromatic hydroxyl groups is 1. The minimum atomic E-state index is -0.211. The van der Waals surface area contributed by atoms with E-state index in [-0.39, 0.29) is 11.9 Å². The number of benzene rings is 2. The van der Waals surface area contributed by atoms with Crippen LogP contribution < -0.4 is 10.9 Å². The van der Waals surface area contributed by atoms with E-state index < -0.39 is 0 Å². The summed E-state index contributed by atoms with van der Waals surface area (Å²) in [6.45, 7) is 2.55. The smallest absolute Gasteiger partial charge is 0.123 e. The molecule has 0 spiro atoms. The van der Waals surface area contributed by atoms with E-state index in [9.17, 15) is 9.50 Å². The zero-order valence-corrected chi connectivity index (χ0v) is 13.2. The van der Waals surface area contributed by atoms with Gasteiger partial charge in [0.05, 0.1) is 6.04 Å². The number of nitrogens with one attached hydrogen (secondary N) is 2. The SMILES string of the molecule is CN(Cc1cccc(O)c1)CC1CNNC1c1ccc(F)cc1. The minimum Gasteiger partial charge on any atom is -0.508 e. The molecular weight excluding hydrogens is 293 g/mol. The van der Waals surface area contributed by atoms with Crippen molar-refractivity contribution in [2.75, 3.05) is 20.1 Å². The molecule has 1 aliphatic rings. The maximum absolute atomic E-state index is 13.1. The molecule has 0 saturated carbocycles. The van der Waals surface area contributed by atoms with Crippen LogP contribution in [0.5, 0.6) is 5.75 Å². The lowest BCUT2D eigenvalue weighted by atomic mass is 9.94. The van der Waals surface area contributed by atoms with Crippen LogP contribution in [0.2, 0.25) is 0 Å². The fourth-order valence-electron chi connectivity index (χ4n) is 3.16. The summed E-state index contributed by atoms with van der Waals surface area (Å²) in [4.78, 5) is 2.24. The van der Waals surface area contributed by atoms with Gasteiger partial charge >= 0.3 is 0 Å². The predicted molar refractivity (Wildman–Crippen MR) is 88.2 cm³/mol. The van der Waals surface area contributed by atoms with Crippen molar-refractivity contribution < 1.29 is 9.50 Å². The monoisotopic (exact) mass is 315 g/mol. The zero-order valence-electron chi connectivity index (χ0n) is 13.2. The number of hydrazine groups is 1. The third-order valence-corrected chi connectivity index (χ3v) is 4.23. The Bertz CT molecular complexity index is 647. The van der Waals surface area contributed by atoms with E-state index in [1.54, 1.807) is 12.1 Å². The number of hydrogen-bond acceptors (Lipinski definition) is 4. The van der Waals surface area contributed by atoms with Gasteiger partial charge in [-0.15, -0.1) is 0 Å². The van der Waals surface area contributed by atoms with Gasteiger partial charge in [-0.25, -0.2) is 9.82 Å². The largest absolute Gasteiger partial charge is 0.508 e. The van der Waals surface area contributed by atoms with Gasteiger partial charge in [0.2, 0.25) is 0 Å². The standard InChI is InChI=1S/C18H22FN3O/c1-22(11-13-3-2-4-17(23)9-13)12-15-10-20-21-18(15)14-5-7-16(19)8-6-14/h2-9,15,18,20-21,23H,10-12H2,1H3. The third-order valence-electron chi connectivity index (χ3n) is 4.23. The number of rotatable bonds is 5. The van der Waals surface area contributed by atoms with Crippen molar-refractivity contribution in [3.63, 3.8) is 0 Å². The molecule has 1 aliphatic heterocycles. The van der Waals surface area contributed by atoms with E-state index in [1.807, 2.05) is 24.3 Å². The topological polar surface area (TPSA) is 47.5 Å². The second-order valence-corrected chi connectivity index (χ2v) is 6.18. The van der Waals surface area contributed by atoms with Gasteiger partial charge in [0, 0.05) is 25.6 Å². The third kappa shape index (κ3) is 4.07. The molecule has 0 amide bonds. The van der Waals surface area contributed by atoms with Crippen LogP contribution in [0.4, 0.5) is 4.39 Å². The predicted octanol–water partition coefficient (Wildman–Crippen LogP) is 2.43. The summed E-state index contributed by atoms with van der Waals surface area (Å²) in [6, 6.07) is 14.2. The summed E-state index contributed by atoms with van der Waals surface area (Å²) in [7, 11) is 2.07. The number of phenols is 1. The van der Waals surface area contributed by atoms with Crippen LogP contribution in [0.1, 0.15) is 17.2 Å². The highest BCUT2D eigenvalue weighted by Gasteiger charge is 2.29. The second kappa shape index (κ2) is 7.08. The first-order valence-electron chi connectivity index (χ1n) is 7.82. The van der Waals surface area contributed by atoms with Crippen LogP contribution in [-0.2, 0) is 6.54 Å². The Morgan fingerprint density at radius 3 is 2.74 bits per heavy atom. The Kier molecular flexibility index (Phi) is 4.91. The maximum atomic E-state index is 13.1. The van der Waals surface area contributed by atoms with Gasteiger partial charge in [0.1, 0.15) is 11.6 Å². The lowest BCUT2D eigenvalue weighted by Gasteiger charge is -2.25. The van der Waals surface area contributed by atoms with Gasteiger partial charge in [0.25, 0.3) is 0 Å². The summed E-state index contributed by atoms with van der Waals surface area (Å²) in [5.74, 6) is 0.476. The fraction of sp³-hybridized carbons (Fsp3) is 0.333. The summed E-state index contributed by atoms with van der Waals surface area (Å²) in [6.07, 6.45) is 0. The van der Waals surface area contributed by atoms with Crippen LogP contribution in [-0.4, -0.2) is 30.1 Å².